The van der Waals surface area contributed by atoms with E-state index in [4.69, 9.17) is 18.9 Å². The van der Waals surface area contributed by atoms with E-state index in [0.29, 0.717) is 59.9 Å². The van der Waals surface area contributed by atoms with Crippen LogP contribution >= 0.6 is 0 Å². The van der Waals surface area contributed by atoms with Crippen molar-refractivity contribution in [2.24, 2.45) is 0 Å². The molecule has 2 heterocycles. The number of aromatic amines is 1. The molecule has 0 aliphatic heterocycles. The number of amides is 1. The van der Waals surface area contributed by atoms with Crippen LogP contribution in [-0.4, -0.2) is 54.6 Å². The quantitative estimate of drug-likeness (QED) is 0.446. The van der Waals surface area contributed by atoms with Crippen molar-refractivity contribution in [1.82, 2.24) is 20.5 Å². The Bertz CT molecular complexity index is 1200. The fourth-order valence-corrected chi connectivity index (χ4v) is 4.19. The van der Waals surface area contributed by atoms with Gasteiger partial charge in [0.2, 0.25) is 11.6 Å². The molecule has 37 heavy (non-hydrogen) atoms. The Balaban J connectivity index is 1.33. The molecule has 198 valence electrons. The number of nitrogens with one attached hydrogen (secondary N) is 2. The molecule has 2 N–H and O–H groups in total. The van der Waals surface area contributed by atoms with Crippen LogP contribution in [0.3, 0.4) is 0 Å². The summed E-state index contributed by atoms with van der Waals surface area (Å²) in [5.41, 5.74) is 0.694. The number of ether oxygens (including phenoxy) is 4. The molecule has 1 fully saturated rings. The lowest BCUT2D eigenvalue weighted by Crippen LogP contribution is -2.39. The molecule has 1 aliphatic carbocycles. The van der Waals surface area contributed by atoms with Crippen molar-refractivity contribution in [1.29, 1.82) is 0 Å². The molecule has 0 spiro atoms. The Kier molecular flexibility index (Phi) is 7.74. The molecular weight excluding hydrogens is 493 g/mol. The summed E-state index contributed by atoms with van der Waals surface area (Å²) in [4.78, 5) is 16.6. The van der Waals surface area contributed by atoms with E-state index in [1.807, 2.05) is 0 Å². The van der Waals surface area contributed by atoms with Gasteiger partial charge in [0.25, 0.3) is 5.91 Å². The summed E-state index contributed by atoms with van der Waals surface area (Å²) < 4.78 is 59.9. The topological polar surface area (TPSA) is 108 Å². The molecule has 1 amide bonds. The SMILES string of the molecule is COc1cc(-c2cc(C(=O)NC3CCC(Oc4ccc(C(F)(F)F)cn4)CC3)[nH]n2)cc(OC)c1OC. The highest BCUT2D eigenvalue weighted by Crippen LogP contribution is 2.41. The number of rotatable bonds is 8. The van der Waals surface area contributed by atoms with E-state index in [0.717, 1.165) is 12.3 Å². The van der Waals surface area contributed by atoms with Crippen molar-refractivity contribution < 1.29 is 36.9 Å². The van der Waals surface area contributed by atoms with E-state index >= 15 is 0 Å². The molecule has 1 aromatic carbocycles. The maximum Gasteiger partial charge on any atom is 0.417 e. The van der Waals surface area contributed by atoms with Crippen LogP contribution in [0.25, 0.3) is 11.3 Å². The van der Waals surface area contributed by atoms with E-state index in [9.17, 15) is 18.0 Å². The molecule has 0 saturated heterocycles. The standard InChI is InChI=1S/C25H27F3N4O5/c1-34-20-10-14(11-21(35-2)23(20)36-3)18-12-19(32-31-18)24(33)30-16-5-7-17(8-6-16)37-22-9-4-15(13-29-22)25(26,27)28/h4,9-13,16-17H,5-8H2,1-3H3,(H,30,33)(H,31,32). The van der Waals surface area contributed by atoms with E-state index in [-0.39, 0.29) is 23.9 Å². The Morgan fingerprint density at radius 3 is 2.22 bits per heavy atom. The second-order valence-electron chi connectivity index (χ2n) is 8.53. The number of methoxy groups -OCH3 is 3. The fraction of sp³-hybridized carbons (Fsp3) is 0.400. The van der Waals surface area contributed by atoms with Crippen LogP contribution < -0.4 is 24.3 Å². The number of carbonyl (C=O) groups excluding carboxylic acids is 1. The van der Waals surface area contributed by atoms with Gasteiger partial charge in [-0.3, -0.25) is 9.89 Å². The van der Waals surface area contributed by atoms with Crippen molar-refractivity contribution in [2.45, 2.75) is 44.0 Å². The number of carbonyl (C=O) groups is 1. The smallest absolute Gasteiger partial charge is 0.417 e. The van der Waals surface area contributed by atoms with Gasteiger partial charge in [-0.15, -0.1) is 0 Å². The normalized spacial score (nSPS) is 17.7. The molecule has 1 aliphatic rings. The van der Waals surface area contributed by atoms with Gasteiger partial charge < -0.3 is 24.3 Å². The molecule has 0 atom stereocenters. The van der Waals surface area contributed by atoms with Gasteiger partial charge in [0, 0.05) is 23.9 Å². The predicted molar refractivity (Wildman–Crippen MR) is 127 cm³/mol. The summed E-state index contributed by atoms with van der Waals surface area (Å²) >= 11 is 0. The average Bonchev–Trinajstić information content (AvgIpc) is 3.39. The maximum absolute atomic E-state index is 12.8. The number of halogens is 3. The summed E-state index contributed by atoms with van der Waals surface area (Å²) in [6, 6.07) is 7.23. The van der Waals surface area contributed by atoms with E-state index in [1.165, 1.54) is 27.4 Å². The highest BCUT2D eigenvalue weighted by Gasteiger charge is 2.31. The molecule has 0 unspecified atom stereocenters. The first kappa shape index (κ1) is 26.1. The summed E-state index contributed by atoms with van der Waals surface area (Å²) in [5.74, 6) is 1.25. The van der Waals surface area contributed by atoms with E-state index in [2.05, 4.69) is 20.5 Å². The minimum Gasteiger partial charge on any atom is -0.493 e. The van der Waals surface area contributed by atoms with Gasteiger partial charge in [0.1, 0.15) is 11.8 Å². The molecule has 2 aromatic heterocycles. The van der Waals surface area contributed by atoms with Crippen molar-refractivity contribution in [3.05, 3.63) is 47.8 Å². The van der Waals surface area contributed by atoms with Crippen LogP contribution in [0.5, 0.6) is 23.1 Å². The number of H-pyrrole nitrogens is 1. The number of benzene rings is 1. The van der Waals surface area contributed by atoms with Gasteiger partial charge >= 0.3 is 6.18 Å². The summed E-state index contributed by atoms with van der Waals surface area (Å²) in [5, 5.41) is 10.0. The first-order chi connectivity index (χ1) is 17.7. The van der Waals surface area contributed by atoms with Crippen LogP contribution in [0.1, 0.15) is 41.7 Å². The largest absolute Gasteiger partial charge is 0.493 e. The molecule has 12 heteroatoms. The lowest BCUT2D eigenvalue weighted by molar-refractivity contribution is -0.137. The Morgan fingerprint density at radius 1 is 1.00 bits per heavy atom. The summed E-state index contributed by atoms with van der Waals surface area (Å²) in [7, 11) is 4.55. The number of hydrogen-bond donors (Lipinski definition) is 2. The van der Waals surface area contributed by atoms with Gasteiger partial charge in [0.15, 0.2) is 11.5 Å². The third kappa shape index (κ3) is 6.07. The van der Waals surface area contributed by atoms with Gasteiger partial charge in [-0.05, 0) is 49.9 Å². The van der Waals surface area contributed by atoms with Crippen molar-refractivity contribution in [2.75, 3.05) is 21.3 Å². The van der Waals surface area contributed by atoms with Gasteiger partial charge in [-0.1, -0.05) is 0 Å². The zero-order chi connectivity index (χ0) is 26.6. The average molecular weight is 521 g/mol. The van der Waals surface area contributed by atoms with Gasteiger partial charge in [-0.2, -0.15) is 18.3 Å². The molecular formula is C25H27F3N4O5. The van der Waals surface area contributed by atoms with E-state index in [1.54, 1.807) is 18.2 Å². The van der Waals surface area contributed by atoms with Crippen molar-refractivity contribution in [3.8, 4) is 34.4 Å². The minimum atomic E-state index is -4.44. The fourth-order valence-electron chi connectivity index (χ4n) is 4.19. The minimum absolute atomic E-state index is 0.0687. The highest BCUT2D eigenvalue weighted by atomic mass is 19.4. The second kappa shape index (κ2) is 11.0. The van der Waals surface area contributed by atoms with Crippen LogP contribution in [-0.2, 0) is 6.18 Å². The maximum atomic E-state index is 12.8. The first-order valence-corrected chi connectivity index (χ1v) is 11.6. The van der Waals surface area contributed by atoms with Gasteiger partial charge in [-0.25, -0.2) is 4.98 Å². The lowest BCUT2D eigenvalue weighted by Gasteiger charge is -2.29. The molecule has 9 nitrogen and oxygen atoms in total. The van der Waals surface area contributed by atoms with Crippen LogP contribution in [0.4, 0.5) is 13.2 Å². The number of aromatic nitrogens is 3. The Morgan fingerprint density at radius 2 is 1.68 bits per heavy atom. The molecule has 0 radical (unpaired) electrons. The molecule has 3 aromatic rings. The first-order valence-electron chi connectivity index (χ1n) is 11.6. The monoisotopic (exact) mass is 520 g/mol. The third-order valence-corrected chi connectivity index (χ3v) is 6.14. The summed E-state index contributed by atoms with van der Waals surface area (Å²) in [6.45, 7) is 0. The van der Waals surface area contributed by atoms with Crippen molar-refractivity contribution >= 4 is 5.91 Å². The highest BCUT2D eigenvalue weighted by molar-refractivity contribution is 5.93. The second-order valence-corrected chi connectivity index (χ2v) is 8.53. The number of nitrogens with zero attached hydrogens (tertiary/aromatic N) is 2. The number of pyridine rings is 1. The van der Waals surface area contributed by atoms with Crippen LogP contribution in [0.2, 0.25) is 0 Å². The third-order valence-electron chi connectivity index (χ3n) is 6.14. The number of hydrogen-bond acceptors (Lipinski definition) is 7. The lowest BCUT2D eigenvalue weighted by atomic mass is 9.93. The predicted octanol–water partition coefficient (Wildman–Crippen LogP) is 4.64. The number of alkyl halides is 3. The molecule has 0 bridgehead atoms. The molecule has 4 rings (SSSR count). The van der Waals surface area contributed by atoms with Crippen molar-refractivity contribution in [3.63, 3.8) is 0 Å². The Hall–Kier alpha value is -3.96. The van der Waals surface area contributed by atoms with Gasteiger partial charge in [0.05, 0.1) is 32.6 Å². The van der Waals surface area contributed by atoms with Crippen LogP contribution in [0.15, 0.2) is 36.5 Å². The van der Waals surface area contributed by atoms with E-state index < -0.39 is 11.7 Å². The Labute approximate surface area is 211 Å². The zero-order valence-electron chi connectivity index (χ0n) is 20.5. The van der Waals surface area contributed by atoms with Crippen LogP contribution in [0, 0.1) is 0 Å². The molecule has 1 saturated carbocycles. The summed E-state index contributed by atoms with van der Waals surface area (Å²) in [6.07, 6.45) is -1.28. The zero-order valence-corrected chi connectivity index (χ0v) is 20.5.